The van der Waals surface area contributed by atoms with E-state index in [1.807, 2.05) is 19.1 Å². The van der Waals surface area contributed by atoms with E-state index in [2.05, 4.69) is 4.98 Å². The molecule has 0 saturated carbocycles. The van der Waals surface area contributed by atoms with Gasteiger partial charge in [-0.15, -0.1) is 11.3 Å². The number of esters is 1. The average molecular weight is 457 g/mol. The normalized spacial score (nSPS) is 10.4. The summed E-state index contributed by atoms with van der Waals surface area (Å²) in [6.45, 7) is 3.24. The number of carbonyl (C=O) groups is 2. The minimum absolute atomic E-state index is 0.0501. The number of thiazole rings is 1. The van der Waals surface area contributed by atoms with Crippen LogP contribution in [0, 0.1) is 6.92 Å². The zero-order valence-electron chi connectivity index (χ0n) is 18.5. The fourth-order valence-corrected chi connectivity index (χ4v) is 3.98. The SMILES string of the molecule is COc1ccccc1N(C(C)=O)c1nc(COC(=O)c2cc(OC)c(C)c(OC)c2)cs1. The lowest BCUT2D eigenvalue weighted by Crippen LogP contribution is -2.23. The third-order valence-corrected chi connectivity index (χ3v) is 5.59. The number of ether oxygens (including phenoxy) is 4. The van der Waals surface area contributed by atoms with Crippen molar-refractivity contribution >= 4 is 34.0 Å². The minimum Gasteiger partial charge on any atom is -0.496 e. The second-order valence-electron chi connectivity index (χ2n) is 6.73. The van der Waals surface area contributed by atoms with Crippen LogP contribution in [0.5, 0.6) is 17.2 Å². The molecule has 0 atom stereocenters. The van der Waals surface area contributed by atoms with E-state index in [0.29, 0.717) is 39.3 Å². The number of nitrogens with zero attached hydrogens (tertiary/aromatic N) is 2. The van der Waals surface area contributed by atoms with Crippen LogP contribution < -0.4 is 19.1 Å². The molecule has 9 heteroatoms. The first kappa shape index (κ1) is 23.1. The largest absolute Gasteiger partial charge is 0.496 e. The first-order valence-corrected chi connectivity index (χ1v) is 10.5. The summed E-state index contributed by atoms with van der Waals surface area (Å²) in [5.74, 6) is 0.853. The molecule has 3 aromatic rings. The number of hydrogen-bond donors (Lipinski definition) is 0. The van der Waals surface area contributed by atoms with Gasteiger partial charge in [0.05, 0.1) is 38.3 Å². The number of benzene rings is 2. The maximum absolute atomic E-state index is 12.6. The molecule has 0 bridgehead atoms. The van der Waals surface area contributed by atoms with Crippen LogP contribution in [0.15, 0.2) is 41.8 Å². The molecule has 0 aliphatic rings. The molecule has 1 heterocycles. The number of hydrogen-bond acceptors (Lipinski definition) is 8. The number of amides is 1. The summed E-state index contributed by atoms with van der Waals surface area (Å²) in [7, 11) is 4.59. The summed E-state index contributed by atoms with van der Waals surface area (Å²) < 4.78 is 21.4. The van der Waals surface area contributed by atoms with Gasteiger partial charge in [-0.05, 0) is 31.2 Å². The van der Waals surface area contributed by atoms with Crippen molar-refractivity contribution in [1.82, 2.24) is 4.98 Å². The summed E-state index contributed by atoms with van der Waals surface area (Å²) in [6.07, 6.45) is 0. The van der Waals surface area contributed by atoms with Gasteiger partial charge in [-0.1, -0.05) is 12.1 Å². The summed E-state index contributed by atoms with van der Waals surface area (Å²) >= 11 is 1.27. The third kappa shape index (κ3) is 4.83. The van der Waals surface area contributed by atoms with Crippen LogP contribution in [0.2, 0.25) is 0 Å². The predicted octanol–water partition coefficient (Wildman–Crippen LogP) is 4.52. The van der Waals surface area contributed by atoms with Crippen molar-refractivity contribution in [1.29, 1.82) is 0 Å². The van der Waals surface area contributed by atoms with Crippen molar-refractivity contribution in [3.05, 3.63) is 58.6 Å². The van der Waals surface area contributed by atoms with Crippen molar-refractivity contribution in [3.63, 3.8) is 0 Å². The molecule has 32 heavy (non-hydrogen) atoms. The monoisotopic (exact) mass is 456 g/mol. The van der Waals surface area contributed by atoms with E-state index in [0.717, 1.165) is 5.56 Å². The van der Waals surface area contributed by atoms with E-state index < -0.39 is 5.97 Å². The van der Waals surface area contributed by atoms with E-state index in [9.17, 15) is 9.59 Å². The number of para-hydroxylation sites is 2. The summed E-state index contributed by atoms with van der Waals surface area (Å²) in [6, 6.07) is 10.4. The van der Waals surface area contributed by atoms with E-state index in [1.165, 1.54) is 37.4 Å². The van der Waals surface area contributed by atoms with Gasteiger partial charge < -0.3 is 18.9 Å². The Labute approximate surface area is 190 Å². The molecule has 2 aromatic carbocycles. The number of rotatable bonds is 8. The third-order valence-electron chi connectivity index (χ3n) is 4.71. The van der Waals surface area contributed by atoms with Gasteiger partial charge in [-0.3, -0.25) is 9.69 Å². The Balaban J connectivity index is 1.78. The van der Waals surface area contributed by atoms with Crippen LogP contribution in [0.4, 0.5) is 10.8 Å². The van der Waals surface area contributed by atoms with Gasteiger partial charge in [0.25, 0.3) is 0 Å². The van der Waals surface area contributed by atoms with Crippen molar-refractivity contribution in [3.8, 4) is 17.2 Å². The highest BCUT2D eigenvalue weighted by atomic mass is 32.1. The molecule has 0 fully saturated rings. The van der Waals surface area contributed by atoms with Gasteiger partial charge in [0.1, 0.15) is 23.9 Å². The lowest BCUT2D eigenvalue weighted by atomic mass is 10.1. The van der Waals surface area contributed by atoms with E-state index >= 15 is 0 Å². The van der Waals surface area contributed by atoms with Gasteiger partial charge >= 0.3 is 5.97 Å². The van der Waals surface area contributed by atoms with Crippen molar-refractivity contribution in [2.45, 2.75) is 20.5 Å². The van der Waals surface area contributed by atoms with E-state index in [1.54, 1.807) is 36.8 Å². The van der Waals surface area contributed by atoms with E-state index in [-0.39, 0.29) is 12.5 Å². The maximum Gasteiger partial charge on any atom is 0.338 e. The number of carbonyl (C=O) groups excluding carboxylic acids is 2. The molecule has 168 valence electrons. The molecular formula is C23H24N2O6S. The number of aromatic nitrogens is 1. The second-order valence-corrected chi connectivity index (χ2v) is 7.57. The topological polar surface area (TPSA) is 87.2 Å². The maximum atomic E-state index is 12.6. The molecule has 1 amide bonds. The quantitative estimate of drug-likeness (QED) is 0.461. The molecule has 0 aliphatic carbocycles. The zero-order valence-corrected chi connectivity index (χ0v) is 19.3. The fourth-order valence-electron chi connectivity index (χ4n) is 3.11. The highest BCUT2D eigenvalue weighted by Gasteiger charge is 2.22. The Morgan fingerprint density at radius 2 is 1.62 bits per heavy atom. The fraction of sp³-hybridized carbons (Fsp3) is 0.261. The van der Waals surface area contributed by atoms with Crippen LogP contribution in [-0.2, 0) is 16.1 Å². The van der Waals surface area contributed by atoms with Gasteiger partial charge in [-0.25, -0.2) is 9.78 Å². The molecule has 0 aliphatic heterocycles. The van der Waals surface area contributed by atoms with Crippen molar-refractivity contribution < 1.29 is 28.5 Å². The Bertz CT molecular complexity index is 1100. The minimum atomic E-state index is -0.538. The van der Waals surface area contributed by atoms with Crippen LogP contribution in [-0.4, -0.2) is 38.2 Å². The van der Waals surface area contributed by atoms with Gasteiger partial charge in [0.2, 0.25) is 5.91 Å². The summed E-state index contributed by atoms with van der Waals surface area (Å²) in [5.41, 5.74) is 2.19. The highest BCUT2D eigenvalue weighted by Crippen LogP contribution is 2.35. The van der Waals surface area contributed by atoms with Gasteiger partial charge in [0.15, 0.2) is 5.13 Å². The molecule has 1 aromatic heterocycles. The highest BCUT2D eigenvalue weighted by molar-refractivity contribution is 7.14. The number of methoxy groups -OCH3 is 3. The Morgan fingerprint density at radius 1 is 1.00 bits per heavy atom. The van der Waals surface area contributed by atoms with Gasteiger partial charge in [0, 0.05) is 17.9 Å². The Morgan fingerprint density at radius 3 is 2.22 bits per heavy atom. The number of anilines is 2. The standard InChI is InChI=1S/C23H24N2O6S/c1-14-20(29-4)10-16(11-21(14)30-5)22(27)31-12-17-13-32-23(24-17)25(15(2)26)18-8-6-7-9-19(18)28-3/h6-11,13H,12H2,1-5H3. The van der Waals surface area contributed by atoms with Crippen molar-refractivity contribution in [2.24, 2.45) is 0 Å². The summed E-state index contributed by atoms with van der Waals surface area (Å²) in [4.78, 5) is 30.9. The van der Waals surface area contributed by atoms with Crippen LogP contribution in [0.25, 0.3) is 0 Å². The Kier molecular flexibility index (Phi) is 7.32. The lowest BCUT2D eigenvalue weighted by molar-refractivity contribution is -0.115. The average Bonchev–Trinajstić information content (AvgIpc) is 3.26. The van der Waals surface area contributed by atoms with Crippen LogP contribution in [0.1, 0.15) is 28.5 Å². The molecule has 0 N–H and O–H groups in total. The molecule has 3 rings (SSSR count). The van der Waals surface area contributed by atoms with Crippen LogP contribution >= 0.6 is 11.3 Å². The zero-order chi connectivity index (χ0) is 23.3. The van der Waals surface area contributed by atoms with E-state index in [4.69, 9.17) is 18.9 Å². The predicted molar refractivity (Wildman–Crippen MR) is 121 cm³/mol. The molecule has 8 nitrogen and oxygen atoms in total. The van der Waals surface area contributed by atoms with Gasteiger partial charge in [-0.2, -0.15) is 0 Å². The molecule has 0 radical (unpaired) electrons. The molecule has 0 spiro atoms. The molecule has 0 unspecified atom stereocenters. The van der Waals surface area contributed by atoms with Crippen LogP contribution in [0.3, 0.4) is 0 Å². The molecule has 0 saturated heterocycles. The Hall–Kier alpha value is -3.59. The second kappa shape index (κ2) is 10.1. The van der Waals surface area contributed by atoms with Crippen molar-refractivity contribution in [2.75, 3.05) is 26.2 Å². The first-order chi connectivity index (χ1) is 15.4. The molecular weight excluding hydrogens is 432 g/mol. The lowest BCUT2D eigenvalue weighted by Gasteiger charge is -2.20. The first-order valence-electron chi connectivity index (χ1n) is 9.67. The summed E-state index contributed by atoms with van der Waals surface area (Å²) in [5, 5.41) is 2.19. The smallest absolute Gasteiger partial charge is 0.338 e.